The summed E-state index contributed by atoms with van der Waals surface area (Å²) in [6.07, 6.45) is 0. The van der Waals surface area contributed by atoms with Crippen molar-refractivity contribution in [1.82, 2.24) is 0 Å². The molecule has 4 aromatic rings. The molecule has 0 radical (unpaired) electrons. The van der Waals surface area contributed by atoms with Gasteiger partial charge in [-0.1, -0.05) is 35.4 Å². The summed E-state index contributed by atoms with van der Waals surface area (Å²) < 4.78 is 11.3. The lowest BCUT2D eigenvalue weighted by atomic mass is 9.97. The minimum Gasteiger partial charge on any atom is -0.504 e. The van der Waals surface area contributed by atoms with E-state index in [-0.39, 0.29) is 34.2 Å². The Labute approximate surface area is 184 Å². The molecule has 0 bridgehead atoms. The van der Waals surface area contributed by atoms with Crippen LogP contribution in [-0.4, -0.2) is 18.1 Å². The van der Waals surface area contributed by atoms with Gasteiger partial charge >= 0.3 is 0 Å². The first-order chi connectivity index (χ1) is 15.4. The molecule has 1 atom stereocenters. The number of fused-ring (bicyclic) bond motifs is 2. The number of methoxy groups -OCH3 is 1. The number of aromatic hydroxyl groups is 1. The molecule has 6 heteroatoms. The highest BCUT2D eigenvalue weighted by Crippen LogP contribution is 2.43. The van der Waals surface area contributed by atoms with Gasteiger partial charge in [-0.05, 0) is 55.8 Å². The molecule has 0 aliphatic carbocycles. The number of aryl methyl sites for hydroxylation is 2. The summed E-state index contributed by atoms with van der Waals surface area (Å²) in [5.41, 5.74) is 3.66. The molecule has 1 aliphatic rings. The quantitative estimate of drug-likeness (QED) is 0.504. The zero-order valence-electron chi connectivity index (χ0n) is 17.9. The molecule has 1 N–H and O–H groups in total. The highest BCUT2D eigenvalue weighted by atomic mass is 16.5. The number of phenolic OH excluding ortho intramolecular Hbond substituents is 1. The number of carbonyl (C=O) groups is 1. The van der Waals surface area contributed by atoms with E-state index < -0.39 is 6.04 Å². The van der Waals surface area contributed by atoms with E-state index in [0.29, 0.717) is 22.2 Å². The summed E-state index contributed by atoms with van der Waals surface area (Å²) in [4.78, 5) is 28.8. The van der Waals surface area contributed by atoms with Crippen LogP contribution < -0.4 is 15.1 Å². The highest BCUT2D eigenvalue weighted by molar-refractivity contribution is 6.10. The molecule has 32 heavy (non-hydrogen) atoms. The van der Waals surface area contributed by atoms with Gasteiger partial charge in [0.05, 0.1) is 24.1 Å². The third kappa shape index (κ3) is 2.95. The van der Waals surface area contributed by atoms with E-state index in [2.05, 4.69) is 0 Å². The van der Waals surface area contributed by atoms with Crippen LogP contribution in [-0.2, 0) is 0 Å². The minimum atomic E-state index is -0.726. The maximum atomic E-state index is 13.6. The Morgan fingerprint density at radius 3 is 2.38 bits per heavy atom. The number of amides is 1. The summed E-state index contributed by atoms with van der Waals surface area (Å²) in [7, 11) is 1.45. The van der Waals surface area contributed by atoms with Gasteiger partial charge in [-0.3, -0.25) is 14.5 Å². The van der Waals surface area contributed by atoms with E-state index in [0.717, 1.165) is 11.1 Å². The Balaban J connectivity index is 1.82. The normalized spacial score (nSPS) is 15.3. The molecular formula is C26H21NO5. The molecule has 1 aromatic heterocycles. The Morgan fingerprint density at radius 2 is 1.66 bits per heavy atom. The van der Waals surface area contributed by atoms with E-state index >= 15 is 0 Å². The molecule has 1 unspecified atom stereocenters. The van der Waals surface area contributed by atoms with Gasteiger partial charge in [0.2, 0.25) is 5.76 Å². The van der Waals surface area contributed by atoms with Gasteiger partial charge < -0.3 is 14.3 Å². The fourth-order valence-corrected chi connectivity index (χ4v) is 4.24. The average Bonchev–Trinajstić information content (AvgIpc) is 3.08. The first-order valence-corrected chi connectivity index (χ1v) is 10.2. The third-order valence-corrected chi connectivity index (χ3v) is 5.86. The van der Waals surface area contributed by atoms with E-state index in [9.17, 15) is 14.7 Å². The monoisotopic (exact) mass is 427 g/mol. The lowest BCUT2D eigenvalue weighted by molar-refractivity contribution is 0.0971. The number of ether oxygens (including phenoxy) is 1. The Bertz CT molecular complexity index is 1440. The molecule has 0 saturated heterocycles. The number of carbonyl (C=O) groups excluding carboxylic acids is 1. The maximum Gasteiger partial charge on any atom is 0.295 e. The smallest absolute Gasteiger partial charge is 0.295 e. The molecule has 1 amide bonds. The second-order valence-corrected chi connectivity index (χ2v) is 8.02. The number of nitrogens with zero attached hydrogens (tertiary/aromatic N) is 1. The van der Waals surface area contributed by atoms with Gasteiger partial charge in [0, 0.05) is 5.69 Å². The van der Waals surface area contributed by atoms with Crippen LogP contribution in [0.5, 0.6) is 11.5 Å². The van der Waals surface area contributed by atoms with Gasteiger partial charge in [0.25, 0.3) is 5.91 Å². The Kier molecular flexibility index (Phi) is 4.51. The van der Waals surface area contributed by atoms with E-state index in [1.165, 1.54) is 13.2 Å². The molecule has 6 nitrogen and oxygen atoms in total. The molecule has 160 valence electrons. The van der Waals surface area contributed by atoms with E-state index in [1.54, 1.807) is 29.2 Å². The van der Waals surface area contributed by atoms with Crippen LogP contribution in [0.4, 0.5) is 5.69 Å². The molecule has 5 rings (SSSR count). The average molecular weight is 427 g/mol. The van der Waals surface area contributed by atoms with Gasteiger partial charge in [0.1, 0.15) is 5.58 Å². The van der Waals surface area contributed by atoms with Gasteiger partial charge in [-0.2, -0.15) is 0 Å². The van der Waals surface area contributed by atoms with Crippen LogP contribution in [0, 0.1) is 13.8 Å². The van der Waals surface area contributed by atoms with Crippen molar-refractivity contribution in [2.24, 2.45) is 0 Å². The van der Waals surface area contributed by atoms with Crippen molar-refractivity contribution in [3.8, 4) is 11.5 Å². The van der Waals surface area contributed by atoms with Crippen molar-refractivity contribution in [1.29, 1.82) is 0 Å². The van der Waals surface area contributed by atoms with Crippen molar-refractivity contribution in [2.75, 3.05) is 12.0 Å². The lowest BCUT2D eigenvalue weighted by Gasteiger charge is -2.25. The topological polar surface area (TPSA) is 80.0 Å². The van der Waals surface area contributed by atoms with Crippen LogP contribution in [0.3, 0.4) is 0 Å². The Hall–Kier alpha value is -4.06. The number of benzene rings is 3. The second-order valence-electron chi connectivity index (χ2n) is 8.02. The van der Waals surface area contributed by atoms with Crippen LogP contribution in [0.2, 0.25) is 0 Å². The number of hydrogen-bond acceptors (Lipinski definition) is 5. The minimum absolute atomic E-state index is 0.0242. The maximum absolute atomic E-state index is 13.6. The number of anilines is 1. The fourth-order valence-electron chi connectivity index (χ4n) is 4.24. The van der Waals surface area contributed by atoms with Gasteiger partial charge in [-0.15, -0.1) is 0 Å². The number of hydrogen-bond donors (Lipinski definition) is 1. The van der Waals surface area contributed by atoms with Crippen molar-refractivity contribution < 1.29 is 19.1 Å². The summed E-state index contributed by atoms with van der Waals surface area (Å²) in [6.45, 7) is 3.87. The summed E-state index contributed by atoms with van der Waals surface area (Å²) in [5.74, 6) is -0.124. The zero-order chi connectivity index (χ0) is 22.6. The van der Waals surface area contributed by atoms with Crippen molar-refractivity contribution in [3.05, 3.63) is 98.9 Å². The van der Waals surface area contributed by atoms with Crippen LogP contribution >= 0.6 is 0 Å². The molecule has 0 saturated carbocycles. The second kappa shape index (κ2) is 7.27. The van der Waals surface area contributed by atoms with Gasteiger partial charge in [-0.25, -0.2) is 0 Å². The van der Waals surface area contributed by atoms with E-state index in [1.807, 2.05) is 44.2 Å². The third-order valence-electron chi connectivity index (χ3n) is 5.86. The van der Waals surface area contributed by atoms with Crippen LogP contribution in [0.1, 0.15) is 38.9 Å². The molecule has 1 aliphatic heterocycles. The summed E-state index contributed by atoms with van der Waals surface area (Å²) in [5, 5.41) is 10.5. The van der Waals surface area contributed by atoms with Crippen molar-refractivity contribution in [2.45, 2.75) is 19.9 Å². The van der Waals surface area contributed by atoms with Crippen molar-refractivity contribution >= 4 is 22.6 Å². The number of phenols is 1. The predicted octanol–water partition coefficient (Wildman–Crippen LogP) is 4.87. The predicted molar refractivity (Wildman–Crippen MR) is 122 cm³/mol. The first-order valence-electron chi connectivity index (χ1n) is 10.2. The molecule has 0 fully saturated rings. The fraction of sp³-hybridized carbons (Fsp3) is 0.154. The SMILES string of the molecule is COc1cc(C2c3c(oc4ccc(C)cc4c3=O)C(=O)N2c2ccc(C)cc2)ccc1O. The molecule has 0 spiro atoms. The zero-order valence-corrected chi connectivity index (χ0v) is 17.9. The van der Waals surface area contributed by atoms with Crippen LogP contribution in [0.25, 0.3) is 11.0 Å². The van der Waals surface area contributed by atoms with Crippen LogP contribution in [0.15, 0.2) is 69.9 Å². The Morgan fingerprint density at radius 1 is 0.938 bits per heavy atom. The standard InChI is InChI=1S/C26H21NO5/c1-14-4-8-17(9-5-14)27-23(16-7-10-19(28)21(13-16)31-3)22-24(29)18-12-15(2)6-11-20(18)32-25(22)26(27)30/h4-13,23,28H,1-3H3. The molecular weight excluding hydrogens is 406 g/mol. The highest BCUT2D eigenvalue weighted by Gasteiger charge is 2.43. The van der Waals surface area contributed by atoms with Crippen molar-refractivity contribution in [3.63, 3.8) is 0 Å². The number of rotatable bonds is 3. The van der Waals surface area contributed by atoms with E-state index in [4.69, 9.17) is 9.15 Å². The summed E-state index contributed by atoms with van der Waals surface area (Å²) >= 11 is 0. The van der Waals surface area contributed by atoms with Gasteiger partial charge in [0.15, 0.2) is 16.9 Å². The summed E-state index contributed by atoms with van der Waals surface area (Å²) in [6, 6.07) is 16.9. The largest absolute Gasteiger partial charge is 0.504 e. The first kappa shape index (κ1) is 19.9. The molecule has 2 heterocycles. The molecule has 3 aromatic carbocycles. The lowest BCUT2D eigenvalue weighted by Crippen LogP contribution is -2.29.